The summed E-state index contributed by atoms with van der Waals surface area (Å²) in [5, 5.41) is 58.6. The van der Waals surface area contributed by atoms with Crippen molar-refractivity contribution in [3.8, 4) is 80.7 Å². The summed E-state index contributed by atoms with van der Waals surface area (Å²) < 4.78 is 21.1. The minimum absolute atomic E-state index is 0.289. The molecule has 0 unspecified atom stereocenters. The van der Waals surface area contributed by atoms with Crippen molar-refractivity contribution in [2.24, 2.45) is 0 Å². The molecule has 0 N–H and O–H groups in total. The SMILES string of the molecule is CC1(C)c2cc3c(cc2-c2cc4c5ccccc5n(-c5c(C#N)cc(C#N)cc5-n5c6ccccc6c6ccccc65)c4cc21)c1ccccc1n3-c1cccc(-c2cccc(-n3c4ccccc4c4c5oc6c(ccc7c6c6ccccc6n7-c6cc(C#N)c(C#N)c(-n7c8ccccc8c8ccccc87)c6)c5ccc43)c2)c1. The molecule has 23 aromatic rings. The van der Waals surface area contributed by atoms with Crippen LogP contribution in [0, 0.1) is 45.3 Å². The van der Waals surface area contributed by atoms with E-state index in [0.29, 0.717) is 22.4 Å². The molecule has 114 heavy (non-hydrogen) atoms. The van der Waals surface area contributed by atoms with Gasteiger partial charge in [0.25, 0.3) is 0 Å². The maximum Gasteiger partial charge on any atom is 0.145 e. The topological polar surface area (TPSA) is 138 Å². The first-order valence-electron chi connectivity index (χ1n) is 38.3. The van der Waals surface area contributed by atoms with E-state index in [1.807, 2.05) is 42.5 Å². The van der Waals surface area contributed by atoms with Crippen LogP contribution in [0.3, 0.4) is 0 Å². The van der Waals surface area contributed by atoms with Gasteiger partial charge >= 0.3 is 0 Å². The van der Waals surface area contributed by atoms with Crippen molar-refractivity contribution in [1.82, 2.24) is 27.4 Å². The fraction of sp³-hybridized carbons (Fsp3) is 0.0291. The largest absolute Gasteiger partial charge is 0.455 e. The molecule has 24 rings (SSSR count). The fourth-order valence-corrected chi connectivity index (χ4v) is 19.8. The Balaban J connectivity index is 0.630. The van der Waals surface area contributed by atoms with Crippen LogP contribution in [0.4, 0.5) is 0 Å². The molecule has 0 amide bonds. The molecule has 7 heterocycles. The molecule has 1 aliphatic carbocycles. The van der Waals surface area contributed by atoms with Gasteiger partial charge in [-0.1, -0.05) is 184 Å². The van der Waals surface area contributed by atoms with Gasteiger partial charge in [-0.2, -0.15) is 21.0 Å². The summed E-state index contributed by atoms with van der Waals surface area (Å²) in [7, 11) is 0. The highest BCUT2D eigenvalue weighted by Gasteiger charge is 2.39. The Morgan fingerprint density at radius 2 is 0.649 bits per heavy atom. The minimum atomic E-state index is -0.464. The third-order valence-corrected chi connectivity index (χ3v) is 24.7. The average molecular weight is 1450 g/mol. The van der Waals surface area contributed by atoms with Gasteiger partial charge in [-0.3, -0.25) is 0 Å². The van der Waals surface area contributed by atoms with Gasteiger partial charge in [-0.15, -0.1) is 0 Å². The van der Waals surface area contributed by atoms with Crippen LogP contribution >= 0.6 is 0 Å². The van der Waals surface area contributed by atoms with Gasteiger partial charge in [0.1, 0.15) is 29.4 Å². The Morgan fingerprint density at radius 3 is 1.10 bits per heavy atom. The Hall–Kier alpha value is -15.9. The molecule has 0 aliphatic heterocycles. The lowest BCUT2D eigenvalue weighted by atomic mass is 9.82. The molecule has 11 nitrogen and oxygen atoms in total. The maximum atomic E-state index is 11.3. The second kappa shape index (κ2) is 23.1. The van der Waals surface area contributed by atoms with E-state index in [1.54, 1.807) is 6.07 Å². The first kappa shape index (κ1) is 63.1. The zero-order chi connectivity index (χ0) is 75.7. The molecular formula is C103H58N10O. The van der Waals surface area contributed by atoms with Crippen molar-refractivity contribution >= 4 is 153 Å². The molecule has 0 radical (unpaired) electrons. The molecule has 16 aromatic carbocycles. The standard InChI is InChI=1S/C103H58N10O/c1-103(2)82-53-95-79(51-77(82)78-52-80-72-30-8-16-38-89(72)113(96(80)54-83(78)103)100-63(57-106)45-59(55-104)46-97(100)112-87-36-14-5-27-69(87)70-28-6-15-37-88(70)112)71-29-7-11-33-84(71)109(95)65-24-20-22-61(48-65)60-21-19-23-64(47-60)108-90-39-17-9-31-75(90)98-92(108)43-41-73-74-42-44-93-99(102(74)114-101(73)98)76-32-10-18-40-91(76)110(93)66-49-62(56-105)81(58-107)94(50-66)111-85-34-12-3-25-67(85)68-26-4-13-35-86(68)111/h3-54H,1-2H3. The number of para-hydroxylation sites is 8. The van der Waals surface area contributed by atoms with Crippen LogP contribution in [-0.2, 0) is 5.41 Å². The molecule has 11 heteroatoms. The minimum Gasteiger partial charge on any atom is -0.455 e. The van der Waals surface area contributed by atoms with Crippen molar-refractivity contribution in [2.45, 2.75) is 19.3 Å². The number of hydrogen-bond donors (Lipinski definition) is 0. The van der Waals surface area contributed by atoms with Gasteiger partial charge < -0.3 is 31.8 Å². The van der Waals surface area contributed by atoms with E-state index in [9.17, 15) is 21.0 Å². The second-order valence-corrected chi connectivity index (χ2v) is 30.7. The number of hydrogen-bond acceptors (Lipinski definition) is 5. The average Bonchev–Trinajstić information content (AvgIpc) is 1.54. The third-order valence-electron chi connectivity index (χ3n) is 24.7. The fourth-order valence-electron chi connectivity index (χ4n) is 19.8. The van der Waals surface area contributed by atoms with Crippen molar-refractivity contribution in [2.75, 3.05) is 0 Å². The lowest BCUT2D eigenvalue weighted by Gasteiger charge is -2.23. The van der Waals surface area contributed by atoms with E-state index in [4.69, 9.17) is 4.42 Å². The summed E-state index contributed by atoms with van der Waals surface area (Å²) in [5.74, 6) is 0. The maximum absolute atomic E-state index is 11.3. The van der Waals surface area contributed by atoms with Gasteiger partial charge in [0.2, 0.25) is 0 Å². The zero-order valence-electron chi connectivity index (χ0n) is 61.4. The van der Waals surface area contributed by atoms with E-state index >= 15 is 0 Å². The highest BCUT2D eigenvalue weighted by molar-refractivity contribution is 6.29. The van der Waals surface area contributed by atoms with E-state index in [2.05, 4.69) is 332 Å². The molecule has 0 atom stereocenters. The summed E-state index contributed by atoms with van der Waals surface area (Å²) in [6, 6.07) is 121. The van der Waals surface area contributed by atoms with Gasteiger partial charge in [-0.25, -0.2) is 0 Å². The number of aromatic nitrogens is 6. The summed E-state index contributed by atoms with van der Waals surface area (Å²) in [4.78, 5) is 0. The third kappa shape index (κ3) is 8.37. The summed E-state index contributed by atoms with van der Waals surface area (Å²) in [6.45, 7) is 4.69. The predicted octanol–water partition coefficient (Wildman–Crippen LogP) is 25.6. The van der Waals surface area contributed by atoms with Crippen LogP contribution in [0.1, 0.15) is 47.2 Å². The van der Waals surface area contributed by atoms with E-state index in [-0.39, 0.29) is 5.56 Å². The monoisotopic (exact) mass is 1450 g/mol. The summed E-state index contributed by atoms with van der Waals surface area (Å²) >= 11 is 0. The number of furan rings is 1. The quantitative estimate of drug-likeness (QED) is 0.156. The molecule has 0 spiro atoms. The first-order valence-corrected chi connectivity index (χ1v) is 38.3. The molecule has 7 aromatic heterocycles. The Kier molecular flexibility index (Phi) is 12.8. The highest BCUT2D eigenvalue weighted by Crippen LogP contribution is 2.55. The van der Waals surface area contributed by atoms with Gasteiger partial charge in [-0.05, 0) is 179 Å². The first-order chi connectivity index (χ1) is 56.2. The molecule has 526 valence electrons. The smallest absolute Gasteiger partial charge is 0.145 e. The van der Waals surface area contributed by atoms with Crippen molar-refractivity contribution in [3.63, 3.8) is 0 Å². The molecule has 0 saturated heterocycles. The highest BCUT2D eigenvalue weighted by atomic mass is 16.3. The number of rotatable bonds is 7. The van der Waals surface area contributed by atoms with Gasteiger partial charge in [0, 0.05) is 87.1 Å². The molecule has 0 saturated carbocycles. The number of nitrogens with zero attached hydrogens (tertiary/aromatic N) is 10. The summed E-state index contributed by atoms with van der Waals surface area (Å²) in [6.07, 6.45) is 0. The van der Waals surface area contributed by atoms with Crippen LogP contribution in [0.2, 0.25) is 0 Å². The van der Waals surface area contributed by atoms with Crippen LogP contribution in [0.25, 0.3) is 209 Å². The zero-order valence-corrected chi connectivity index (χ0v) is 61.4. The van der Waals surface area contributed by atoms with E-state index in [1.165, 1.54) is 33.0 Å². The second-order valence-electron chi connectivity index (χ2n) is 30.7. The lowest BCUT2D eigenvalue weighted by molar-refractivity contribution is 0.661. The van der Waals surface area contributed by atoms with Gasteiger partial charge in [0.15, 0.2) is 0 Å². The molecule has 0 fully saturated rings. The van der Waals surface area contributed by atoms with Crippen LogP contribution in [0.5, 0.6) is 0 Å². The summed E-state index contributed by atoms with van der Waals surface area (Å²) in [5.41, 5.74) is 26.4. The molecule has 0 bridgehead atoms. The van der Waals surface area contributed by atoms with Crippen LogP contribution in [0.15, 0.2) is 320 Å². The van der Waals surface area contributed by atoms with Crippen molar-refractivity contribution in [1.29, 1.82) is 21.0 Å². The van der Waals surface area contributed by atoms with Crippen LogP contribution < -0.4 is 0 Å². The Labute approximate surface area is 650 Å². The van der Waals surface area contributed by atoms with Gasteiger partial charge in [0.05, 0.1) is 122 Å². The van der Waals surface area contributed by atoms with Crippen LogP contribution in [-0.4, -0.2) is 27.4 Å². The Bertz CT molecular complexity index is 8430. The number of fused-ring (bicyclic) bond motifs is 26. The van der Waals surface area contributed by atoms with Crippen molar-refractivity contribution < 1.29 is 4.42 Å². The Morgan fingerprint density at radius 1 is 0.263 bits per heavy atom. The van der Waals surface area contributed by atoms with E-state index < -0.39 is 5.41 Å². The number of benzene rings is 16. The molecular weight excluding hydrogens is 1390 g/mol. The van der Waals surface area contributed by atoms with E-state index in [0.717, 1.165) is 182 Å². The molecule has 1 aliphatic rings. The predicted molar refractivity (Wildman–Crippen MR) is 462 cm³/mol. The normalized spacial score (nSPS) is 12.7. The number of nitriles is 4. The van der Waals surface area contributed by atoms with Crippen molar-refractivity contribution in [3.05, 3.63) is 349 Å². The lowest BCUT2D eigenvalue weighted by Crippen LogP contribution is -2.15.